The summed E-state index contributed by atoms with van der Waals surface area (Å²) >= 11 is 0. The van der Waals surface area contributed by atoms with Crippen molar-refractivity contribution in [1.29, 1.82) is 0 Å². The molecular formula is C17H22FN3O3. The number of hydrogen-bond acceptors (Lipinski definition) is 3. The summed E-state index contributed by atoms with van der Waals surface area (Å²) < 4.78 is 18.3. The lowest BCUT2D eigenvalue weighted by molar-refractivity contribution is -0.134. The number of carbonyl (C=O) groups is 2. The Balaban J connectivity index is 1.46. The normalized spacial score (nSPS) is 26.4. The summed E-state index contributed by atoms with van der Waals surface area (Å²) in [5, 5.41) is 5.52. The highest BCUT2D eigenvalue weighted by atomic mass is 19.1. The van der Waals surface area contributed by atoms with Crippen LogP contribution in [0.15, 0.2) is 24.3 Å². The number of nitrogens with zero attached hydrogens (tertiary/aromatic N) is 1. The molecule has 24 heavy (non-hydrogen) atoms. The molecule has 7 heteroatoms. The quantitative estimate of drug-likeness (QED) is 0.887. The van der Waals surface area contributed by atoms with Gasteiger partial charge in [-0.3, -0.25) is 4.79 Å². The Morgan fingerprint density at radius 3 is 2.71 bits per heavy atom. The number of anilines is 1. The summed E-state index contributed by atoms with van der Waals surface area (Å²) in [4.78, 5) is 26.2. The van der Waals surface area contributed by atoms with Gasteiger partial charge in [0, 0.05) is 24.8 Å². The zero-order chi connectivity index (χ0) is 17.1. The van der Waals surface area contributed by atoms with Gasteiger partial charge in [0.1, 0.15) is 5.82 Å². The summed E-state index contributed by atoms with van der Waals surface area (Å²) in [6, 6.07) is 5.15. The predicted octanol–water partition coefficient (Wildman–Crippen LogP) is 1.97. The molecule has 0 saturated carbocycles. The molecule has 2 fully saturated rings. The SMILES string of the molecule is CC1CC(C(=O)N2CCC(NC(=O)Nc3ccc(F)cc3)C2)CO1. The first-order valence-electron chi connectivity index (χ1n) is 8.24. The Morgan fingerprint density at radius 2 is 2.04 bits per heavy atom. The Labute approximate surface area is 140 Å². The number of hydrogen-bond donors (Lipinski definition) is 2. The topological polar surface area (TPSA) is 70.7 Å². The molecule has 0 radical (unpaired) electrons. The molecular weight excluding hydrogens is 313 g/mol. The van der Waals surface area contributed by atoms with E-state index in [-0.39, 0.29) is 35.8 Å². The Kier molecular flexibility index (Phi) is 4.99. The number of halogens is 1. The molecule has 3 amide bonds. The van der Waals surface area contributed by atoms with E-state index >= 15 is 0 Å². The maximum atomic E-state index is 12.8. The molecule has 3 atom stereocenters. The average molecular weight is 335 g/mol. The van der Waals surface area contributed by atoms with Crippen LogP contribution in [0.1, 0.15) is 19.8 Å². The minimum atomic E-state index is -0.351. The van der Waals surface area contributed by atoms with Crippen molar-refractivity contribution in [3.63, 3.8) is 0 Å². The zero-order valence-corrected chi connectivity index (χ0v) is 13.6. The first-order valence-corrected chi connectivity index (χ1v) is 8.24. The molecule has 2 heterocycles. The fourth-order valence-electron chi connectivity index (χ4n) is 3.21. The summed E-state index contributed by atoms with van der Waals surface area (Å²) in [6.45, 7) is 3.62. The molecule has 2 aliphatic rings. The van der Waals surface area contributed by atoms with Crippen molar-refractivity contribution in [1.82, 2.24) is 10.2 Å². The van der Waals surface area contributed by atoms with Gasteiger partial charge in [0.25, 0.3) is 0 Å². The third kappa shape index (κ3) is 4.03. The minimum absolute atomic E-state index is 0.0632. The molecule has 6 nitrogen and oxygen atoms in total. The van der Waals surface area contributed by atoms with Crippen LogP contribution < -0.4 is 10.6 Å². The van der Waals surface area contributed by atoms with Crippen molar-refractivity contribution in [2.24, 2.45) is 5.92 Å². The van der Waals surface area contributed by atoms with Gasteiger partial charge >= 0.3 is 6.03 Å². The van der Waals surface area contributed by atoms with E-state index in [1.54, 1.807) is 4.90 Å². The second-order valence-corrected chi connectivity index (χ2v) is 6.45. The molecule has 0 aliphatic carbocycles. The van der Waals surface area contributed by atoms with Crippen LogP contribution in [0.25, 0.3) is 0 Å². The zero-order valence-electron chi connectivity index (χ0n) is 13.6. The van der Waals surface area contributed by atoms with E-state index in [9.17, 15) is 14.0 Å². The lowest BCUT2D eigenvalue weighted by atomic mass is 10.1. The molecule has 2 saturated heterocycles. The summed E-state index contributed by atoms with van der Waals surface area (Å²) in [5.41, 5.74) is 0.525. The summed E-state index contributed by atoms with van der Waals surface area (Å²) in [7, 11) is 0. The van der Waals surface area contributed by atoms with Gasteiger partial charge < -0.3 is 20.3 Å². The van der Waals surface area contributed by atoms with Gasteiger partial charge in [0.15, 0.2) is 0 Å². The van der Waals surface area contributed by atoms with Crippen LogP contribution in [0.4, 0.5) is 14.9 Å². The maximum Gasteiger partial charge on any atom is 0.319 e. The molecule has 0 spiro atoms. The molecule has 3 rings (SSSR count). The first-order chi connectivity index (χ1) is 11.5. The van der Waals surface area contributed by atoms with Crippen LogP contribution >= 0.6 is 0 Å². The van der Waals surface area contributed by atoms with Gasteiger partial charge in [0.05, 0.1) is 18.6 Å². The van der Waals surface area contributed by atoms with Crippen molar-refractivity contribution >= 4 is 17.6 Å². The molecule has 2 aliphatic heterocycles. The number of ether oxygens (including phenoxy) is 1. The van der Waals surface area contributed by atoms with Gasteiger partial charge in [-0.05, 0) is 44.0 Å². The monoisotopic (exact) mass is 335 g/mol. The molecule has 2 N–H and O–H groups in total. The molecule has 1 aromatic carbocycles. The lowest BCUT2D eigenvalue weighted by Crippen LogP contribution is -2.41. The van der Waals surface area contributed by atoms with Crippen LogP contribution in [0, 0.1) is 11.7 Å². The van der Waals surface area contributed by atoms with Gasteiger partial charge in [-0.2, -0.15) is 0 Å². The van der Waals surface area contributed by atoms with Gasteiger partial charge in [-0.25, -0.2) is 9.18 Å². The number of benzene rings is 1. The van der Waals surface area contributed by atoms with Gasteiger partial charge in [0.2, 0.25) is 5.91 Å². The predicted molar refractivity (Wildman–Crippen MR) is 87.1 cm³/mol. The van der Waals surface area contributed by atoms with E-state index in [1.165, 1.54) is 24.3 Å². The highest BCUT2D eigenvalue weighted by Gasteiger charge is 2.35. The maximum absolute atomic E-state index is 12.8. The van der Waals surface area contributed by atoms with Crippen LogP contribution in [0.5, 0.6) is 0 Å². The third-order valence-electron chi connectivity index (χ3n) is 4.48. The number of likely N-dealkylation sites (tertiary alicyclic amines) is 1. The van der Waals surface area contributed by atoms with Crippen LogP contribution in [0.2, 0.25) is 0 Å². The van der Waals surface area contributed by atoms with Crippen molar-refractivity contribution < 1.29 is 18.7 Å². The van der Waals surface area contributed by atoms with Gasteiger partial charge in [-0.15, -0.1) is 0 Å². The Morgan fingerprint density at radius 1 is 1.29 bits per heavy atom. The molecule has 0 bridgehead atoms. The van der Waals surface area contributed by atoms with Crippen LogP contribution in [-0.4, -0.2) is 48.7 Å². The van der Waals surface area contributed by atoms with Crippen molar-refractivity contribution in [2.45, 2.75) is 31.9 Å². The first kappa shape index (κ1) is 16.7. The fourth-order valence-corrected chi connectivity index (χ4v) is 3.21. The second-order valence-electron chi connectivity index (χ2n) is 6.45. The van der Waals surface area contributed by atoms with E-state index in [0.717, 1.165) is 12.8 Å². The van der Waals surface area contributed by atoms with Crippen molar-refractivity contribution in [3.8, 4) is 0 Å². The standard InChI is InChI=1S/C17H22FN3O3/c1-11-8-12(10-24-11)16(22)21-7-6-15(9-21)20-17(23)19-14-4-2-13(18)3-5-14/h2-5,11-12,15H,6-10H2,1H3,(H2,19,20,23). The lowest BCUT2D eigenvalue weighted by Gasteiger charge is -2.20. The fraction of sp³-hybridized carbons (Fsp3) is 0.529. The van der Waals surface area contributed by atoms with Crippen LogP contribution in [0.3, 0.4) is 0 Å². The summed E-state index contributed by atoms with van der Waals surface area (Å²) in [5.74, 6) is -0.300. The Hall–Kier alpha value is -2.15. The Bertz CT molecular complexity index is 608. The number of rotatable bonds is 3. The number of carbonyl (C=O) groups excluding carboxylic acids is 2. The molecule has 130 valence electrons. The highest BCUT2D eigenvalue weighted by Crippen LogP contribution is 2.23. The summed E-state index contributed by atoms with van der Waals surface area (Å²) in [6.07, 6.45) is 1.63. The molecule has 1 aromatic rings. The van der Waals surface area contributed by atoms with E-state index in [0.29, 0.717) is 25.4 Å². The van der Waals surface area contributed by atoms with Crippen molar-refractivity contribution in [3.05, 3.63) is 30.1 Å². The largest absolute Gasteiger partial charge is 0.378 e. The number of urea groups is 1. The van der Waals surface area contributed by atoms with E-state index in [1.807, 2.05) is 6.92 Å². The van der Waals surface area contributed by atoms with E-state index < -0.39 is 0 Å². The van der Waals surface area contributed by atoms with Crippen molar-refractivity contribution in [2.75, 3.05) is 25.0 Å². The van der Waals surface area contributed by atoms with E-state index in [2.05, 4.69) is 10.6 Å². The van der Waals surface area contributed by atoms with Crippen LogP contribution in [-0.2, 0) is 9.53 Å². The minimum Gasteiger partial charge on any atom is -0.378 e. The third-order valence-corrected chi connectivity index (χ3v) is 4.48. The number of amides is 3. The average Bonchev–Trinajstić information content (AvgIpc) is 3.18. The number of nitrogens with one attached hydrogen (secondary N) is 2. The smallest absolute Gasteiger partial charge is 0.319 e. The van der Waals surface area contributed by atoms with E-state index in [4.69, 9.17) is 4.74 Å². The second kappa shape index (κ2) is 7.17. The molecule has 3 unspecified atom stereocenters. The highest BCUT2D eigenvalue weighted by molar-refractivity contribution is 5.89. The van der Waals surface area contributed by atoms with Gasteiger partial charge in [-0.1, -0.05) is 0 Å². The molecule has 0 aromatic heterocycles.